The van der Waals surface area contributed by atoms with Crippen LogP contribution in [0.4, 0.5) is 0 Å². The second kappa shape index (κ2) is 13.8. The van der Waals surface area contributed by atoms with Gasteiger partial charge in [0.15, 0.2) is 0 Å². The summed E-state index contributed by atoms with van der Waals surface area (Å²) in [6, 6.07) is 0. The van der Waals surface area contributed by atoms with Gasteiger partial charge in [-0.2, -0.15) is 0 Å². The van der Waals surface area contributed by atoms with Crippen molar-refractivity contribution < 1.29 is 0 Å². The van der Waals surface area contributed by atoms with Gasteiger partial charge in [0.2, 0.25) is 0 Å². The lowest BCUT2D eigenvalue weighted by atomic mass is 11.3. The van der Waals surface area contributed by atoms with Crippen LogP contribution in [-0.2, 0) is 0 Å². The Morgan fingerprint density at radius 1 is 0.588 bits per heavy atom. The molecule has 96 valence electrons. The Hall–Kier alpha value is 1.41. The predicted octanol–water partition coefficient (Wildman–Crippen LogP) is 7.09. The van der Waals surface area contributed by atoms with Gasteiger partial charge in [-0.05, 0) is 31.5 Å². The maximum Gasteiger partial charge on any atom is 0.114 e. The third-order valence-electron chi connectivity index (χ3n) is 1.07. The van der Waals surface area contributed by atoms with Crippen molar-refractivity contribution in [2.75, 3.05) is 0 Å². The normalized spacial score (nSPS) is 10.5. The minimum absolute atomic E-state index is 0.408. The van der Waals surface area contributed by atoms with E-state index in [-0.39, 0.29) is 0 Å². The second-order valence-corrected chi connectivity index (χ2v) is 12.4. The van der Waals surface area contributed by atoms with Gasteiger partial charge in [0.1, 0.15) is 7.83 Å². The molecule has 0 nitrogen and oxygen atoms in total. The standard InChI is InChI=1S/C10H14S7/c1-5-11-9(12-6-2)15-17-16-10(13-7-3)14-8-4/h5-10H,1-4H2. The maximum absolute atomic E-state index is 3.74. The maximum atomic E-state index is 3.74. The molecule has 0 aromatic heterocycles. The summed E-state index contributed by atoms with van der Waals surface area (Å²) in [4.78, 5) is 0. The van der Waals surface area contributed by atoms with Crippen molar-refractivity contribution in [2.45, 2.75) is 7.83 Å². The molecule has 0 aliphatic heterocycles. The van der Waals surface area contributed by atoms with Crippen LogP contribution in [0.1, 0.15) is 0 Å². The van der Waals surface area contributed by atoms with Crippen molar-refractivity contribution in [3.63, 3.8) is 0 Å². The summed E-state index contributed by atoms with van der Waals surface area (Å²) in [7, 11) is 5.43. The molecule has 0 bridgehead atoms. The average molecular weight is 359 g/mol. The van der Waals surface area contributed by atoms with Gasteiger partial charge >= 0.3 is 0 Å². The zero-order valence-corrected chi connectivity index (χ0v) is 14.9. The van der Waals surface area contributed by atoms with Gasteiger partial charge in [0, 0.05) is 0 Å². The third kappa shape index (κ3) is 11.0. The summed E-state index contributed by atoms with van der Waals surface area (Å²) in [5.74, 6) is 0. The minimum atomic E-state index is 0.408. The van der Waals surface area contributed by atoms with Crippen molar-refractivity contribution in [1.82, 2.24) is 0 Å². The molecule has 0 rings (SSSR count). The van der Waals surface area contributed by atoms with Crippen molar-refractivity contribution in [1.29, 1.82) is 0 Å². The van der Waals surface area contributed by atoms with Crippen LogP contribution in [0.2, 0.25) is 0 Å². The van der Waals surface area contributed by atoms with Gasteiger partial charge in [0.05, 0.1) is 0 Å². The van der Waals surface area contributed by atoms with Crippen LogP contribution in [-0.4, -0.2) is 7.83 Å². The summed E-state index contributed by atoms with van der Waals surface area (Å²) >= 11 is 6.84. The summed E-state index contributed by atoms with van der Waals surface area (Å²) in [6.45, 7) is 14.9. The fourth-order valence-electron chi connectivity index (χ4n) is 0.556. The Labute approximate surface area is 133 Å². The van der Waals surface area contributed by atoms with Crippen LogP contribution >= 0.6 is 78.5 Å². The van der Waals surface area contributed by atoms with Gasteiger partial charge in [0.25, 0.3) is 0 Å². The highest BCUT2D eigenvalue weighted by molar-refractivity contribution is 9.11. The molecule has 17 heavy (non-hydrogen) atoms. The van der Waals surface area contributed by atoms with Crippen LogP contribution in [0.15, 0.2) is 47.9 Å². The van der Waals surface area contributed by atoms with Crippen molar-refractivity contribution in [3.05, 3.63) is 47.9 Å². The van der Waals surface area contributed by atoms with E-state index in [4.69, 9.17) is 0 Å². The average Bonchev–Trinajstić information content (AvgIpc) is 2.30. The first kappa shape index (κ1) is 18.4. The number of hydrogen-bond donors (Lipinski definition) is 0. The molecule has 0 saturated carbocycles. The van der Waals surface area contributed by atoms with E-state index in [1.165, 1.54) is 0 Å². The van der Waals surface area contributed by atoms with E-state index in [1.807, 2.05) is 43.2 Å². The van der Waals surface area contributed by atoms with E-state index < -0.39 is 0 Å². The van der Waals surface area contributed by atoms with Crippen molar-refractivity contribution in [2.24, 2.45) is 0 Å². The summed E-state index contributed by atoms with van der Waals surface area (Å²) in [5, 5.41) is 7.48. The fourth-order valence-corrected chi connectivity index (χ4v) is 11.7. The minimum Gasteiger partial charge on any atom is -0.108 e. The van der Waals surface area contributed by atoms with E-state index >= 15 is 0 Å². The van der Waals surface area contributed by atoms with E-state index in [0.29, 0.717) is 7.83 Å². The first-order valence-corrected chi connectivity index (χ1v) is 11.7. The molecule has 0 fully saturated rings. The Bertz CT molecular complexity index is 197. The molecule has 0 saturated heterocycles. The predicted molar refractivity (Wildman–Crippen MR) is 102 cm³/mol. The molecule has 0 aromatic carbocycles. The molecule has 0 radical (unpaired) electrons. The van der Waals surface area contributed by atoms with E-state index in [1.54, 1.807) is 56.9 Å². The first-order valence-electron chi connectivity index (χ1n) is 4.32. The molecule has 0 N–H and O–H groups in total. The highest BCUT2D eigenvalue weighted by atomic mass is 33.5. The summed E-state index contributed by atoms with van der Waals surface area (Å²) in [5.41, 5.74) is 0. The molecule has 0 spiro atoms. The van der Waals surface area contributed by atoms with E-state index in [9.17, 15) is 0 Å². The lowest BCUT2D eigenvalue weighted by molar-refractivity contribution is 2.10. The Morgan fingerprint density at radius 2 is 0.882 bits per heavy atom. The molecule has 0 aromatic rings. The van der Waals surface area contributed by atoms with E-state index in [0.717, 1.165) is 0 Å². The largest absolute Gasteiger partial charge is 0.114 e. The molecule has 0 heterocycles. The quantitative estimate of drug-likeness (QED) is 0.266. The van der Waals surface area contributed by atoms with Gasteiger partial charge in [-0.3, -0.25) is 0 Å². The van der Waals surface area contributed by atoms with Gasteiger partial charge in [-0.15, -0.1) is 47.0 Å². The Kier molecular flexibility index (Phi) is 15.0. The first-order chi connectivity index (χ1) is 8.28. The zero-order valence-electron chi connectivity index (χ0n) is 9.15. The van der Waals surface area contributed by atoms with Crippen molar-refractivity contribution in [3.8, 4) is 0 Å². The molecule has 0 amide bonds. The monoisotopic (exact) mass is 358 g/mol. The highest BCUT2D eigenvalue weighted by Gasteiger charge is 2.12. The van der Waals surface area contributed by atoms with Crippen LogP contribution < -0.4 is 0 Å². The summed E-state index contributed by atoms with van der Waals surface area (Å²) in [6.07, 6.45) is 0. The van der Waals surface area contributed by atoms with Gasteiger partial charge in [-0.25, -0.2) is 0 Å². The lowest BCUT2D eigenvalue weighted by Crippen LogP contribution is -1.84. The van der Waals surface area contributed by atoms with Crippen LogP contribution in [0.5, 0.6) is 0 Å². The van der Waals surface area contributed by atoms with Crippen molar-refractivity contribution >= 4 is 78.5 Å². The smallest absolute Gasteiger partial charge is 0.108 e. The Morgan fingerprint density at radius 3 is 1.12 bits per heavy atom. The van der Waals surface area contributed by atoms with E-state index in [2.05, 4.69) is 26.3 Å². The second-order valence-electron chi connectivity index (χ2n) is 2.05. The molecular formula is C10H14S7. The number of hydrogen-bond acceptors (Lipinski definition) is 7. The number of thioether (sulfide) groups is 4. The molecule has 0 unspecified atom stereocenters. The third-order valence-corrected chi connectivity index (χ3v) is 11.5. The molecular weight excluding hydrogens is 345 g/mol. The fraction of sp³-hybridized carbons (Fsp3) is 0.200. The molecule has 7 heteroatoms. The van der Waals surface area contributed by atoms with Crippen LogP contribution in [0.3, 0.4) is 0 Å². The van der Waals surface area contributed by atoms with Crippen LogP contribution in [0, 0.1) is 0 Å². The SMILES string of the molecule is C=CSC(SC=C)SSSC(SC=C)SC=C. The topological polar surface area (TPSA) is 0 Å². The zero-order chi connectivity index (χ0) is 12.9. The number of rotatable bonds is 12. The molecule has 0 aliphatic rings. The van der Waals surface area contributed by atoms with Crippen LogP contribution in [0.25, 0.3) is 0 Å². The van der Waals surface area contributed by atoms with Gasteiger partial charge < -0.3 is 0 Å². The molecule has 0 aliphatic carbocycles. The Balaban J connectivity index is 3.88. The van der Waals surface area contributed by atoms with Gasteiger partial charge in [-0.1, -0.05) is 47.9 Å². The lowest BCUT2D eigenvalue weighted by Gasteiger charge is -2.13. The highest BCUT2D eigenvalue weighted by Crippen LogP contribution is 2.52. The molecule has 0 atom stereocenters. The summed E-state index contributed by atoms with van der Waals surface area (Å²) < 4.78 is 0.816.